The third-order valence-electron chi connectivity index (χ3n) is 27.9. The summed E-state index contributed by atoms with van der Waals surface area (Å²) < 4.78 is 46.3. The van der Waals surface area contributed by atoms with E-state index < -0.39 is 0 Å². The van der Waals surface area contributed by atoms with Gasteiger partial charge in [0.05, 0.1) is 50.6 Å². The summed E-state index contributed by atoms with van der Waals surface area (Å²) in [5, 5.41) is 0. The molecule has 21 heteroatoms. The van der Waals surface area contributed by atoms with E-state index in [0.29, 0.717) is 11.8 Å². The van der Waals surface area contributed by atoms with Crippen LogP contribution in [-0.4, -0.2) is 63.7 Å². The minimum atomic E-state index is -0.214. The largest absolute Gasteiger partial charge is 2.00 e. The van der Waals surface area contributed by atoms with Gasteiger partial charge >= 0.3 is 63.2 Å². The molecule has 145 heavy (non-hydrogen) atoms. The van der Waals surface area contributed by atoms with Crippen molar-refractivity contribution in [3.8, 4) is 154 Å². The van der Waals surface area contributed by atoms with Gasteiger partial charge in [-0.1, -0.05) is 203 Å². The molecule has 0 aliphatic carbocycles. The quantitative estimate of drug-likeness (QED) is 0.0847. The number of rotatable bonds is 12. The van der Waals surface area contributed by atoms with Crippen molar-refractivity contribution in [2.45, 2.75) is 105 Å². The molecule has 21 aromatic rings. The Hall–Kier alpha value is -14.8. The normalized spacial score (nSPS) is 12.7. The average Bonchev–Trinajstić information content (AvgIpc) is 1.01. The van der Waals surface area contributed by atoms with Crippen LogP contribution in [0, 0.1) is 36.4 Å². The molecular weight excluding hydrogens is 2330 g/mol. The second-order valence-electron chi connectivity index (χ2n) is 39.7. The first-order valence-electron chi connectivity index (χ1n) is 48.6. The van der Waals surface area contributed by atoms with Gasteiger partial charge < -0.3 is 57.1 Å². The molecule has 6 aromatic heterocycles. The van der Waals surface area contributed by atoms with Gasteiger partial charge in [-0.15, -0.1) is 175 Å². The van der Waals surface area contributed by atoms with Crippen molar-refractivity contribution in [3.63, 3.8) is 0 Å². The number of imidazole rings is 3. The number of ether oxygens (including phenoxy) is 6. The van der Waals surface area contributed by atoms with Crippen molar-refractivity contribution in [2.75, 3.05) is 0 Å². The van der Waals surface area contributed by atoms with Crippen molar-refractivity contribution < 1.29 is 91.6 Å². The molecule has 0 amide bonds. The Morgan fingerprint density at radius 3 is 0.883 bits per heavy atom. The fourth-order valence-corrected chi connectivity index (χ4v) is 20.5. The second-order valence-corrected chi connectivity index (χ2v) is 39.7. The van der Waals surface area contributed by atoms with Crippen LogP contribution in [0.15, 0.2) is 334 Å². The van der Waals surface area contributed by atoms with Crippen LogP contribution in [0.25, 0.3) is 118 Å². The van der Waals surface area contributed by atoms with Gasteiger partial charge in [0.2, 0.25) is 20.1 Å². The number of benzene rings is 15. The number of aryl methyl sites for hydroxylation is 1. The number of nitrogens with zero attached hydrogens (tertiary/aromatic N) is 9. The fraction of sp³-hybridized carbons (Fsp3) is 0.129. The van der Waals surface area contributed by atoms with Crippen LogP contribution < -0.4 is 77.6 Å². The number of fused-ring (bicyclic) bond motifs is 15. The van der Waals surface area contributed by atoms with E-state index in [2.05, 4.69) is 363 Å². The van der Waals surface area contributed by atoms with E-state index in [4.69, 9.17) is 58.3 Å². The molecule has 6 aliphatic heterocycles. The molecule has 0 radical (unpaired) electrons. The van der Waals surface area contributed by atoms with Crippen molar-refractivity contribution in [2.24, 2.45) is 0 Å². The summed E-state index contributed by atoms with van der Waals surface area (Å²) in [6.07, 6.45) is 6.53. The molecule has 0 saturated heterocycles. The molecule has 0 unspecified atom stereocenters. The number of aromatic nitrogens is 9. The fourth-order valence-electron chi connectivity index (χ4n) is 20.5. The summed E-state index contributed by atoms with van der Waals surface area (Å²) >= 11 is 0. The van der Waals surface area contributed by atoms with E-state index >= 15 is 0 Å². The molecule has 0 bridgehead atoms. The zero-order valence-electron chi connectivity index (χ0n) is 81.3. The first-order chi connectivity index (χ1) is 69.2. The number of hydrogen-bond acceptors (Lipinski definition) is 12. The molecule has 0 spiro atoms. The van der Waals surface area contributed by atoms with Crippen LogP contribution in [0.2, 0.25) is 0 Å². The van der Waals surface area contributed by atoms with Gasteiger partial charge in [0.1, 0.15) is 34.5 Å². The molecule has 12 heterocycles. The Balaban J connectivity index is 0.000000123. The minimum Gasteiger partial charge on any atom is -0.503 e. The van der Waals surface area contributed by atoms with E-state index in [9.17, 15) is 0 Å². The monoisotopic (exact) mass is 2420 g/mol. The summed E-state index contributed by atoms with van der Waals surface area (Å²) in [6.45, 7) is 23.6. The van der Waals surface area contributed by atoms with E-state index in [-0.39, 0.29) is 94.2 Å². The SMILES string of the molecule is CC(C)c1ccnc(-c2[c-]c3c(cc2)Oc2cc(C(C)(C)C)cc4c2B3c2[c-]c(-c3nc5ccccc5n3-c3ccccc3)ccc2O4)c1.CC(C)c1ccnc(-c2[c-]c3c(cc2)Oc2cccc4c2B3c2[c-]c(-c3nc5ccccc5n3-c3ccccc3)ccc2O4)c1.CCc1cc2c3c(c1)Oc1ccc(-c4nc5ccccc5n4-c4ccccc4)[c-]c1B3c1[c-]c(-c3cc(C(C)(C)C)ccn3)ccc1O2.[Pt+2].[Pt+2].[Pt+2]. The van der Waals surface area contributed by atoms with Crippen LogP contribution in [0.4, 0.5) is 0 Å². The maximum atomic E-state index is 6.73. The van der Waals surface area contributed by atoms with Gasteiger partial charge in [0, 0.05) is 86.5 Å². The Labute approximate surface area is 887 Å². The van der Waals surface area contributed by atoms with Crippen molar-refractivity contribution in [1.29, 1.82) is 0 Å². The predicted molar refractivity (Wildman–Crippen MR) is 570 cm³/mol. The number of hydrogen-bond donors (Lipinski definition) is 0. The number of para-hydroxylation sites is 9. The predicted octanol–water partition coefficient (Wildman–Crippen LogP) is 23.6. The van der Waals surface area contributed by atoms with Crippen LogP contribution in [0.3, 0.4) is 0 Å². The van der Waals surface area contributed by atoms with Gasteiger partial charge in [0.25, 0.3) is 0 Å². The molecule has 0 saturated carbocycles. The Morgan fingerprint density at radius 1 is 0.276 bits per heavy atom. The van der Waals surface area contributed by atoms with Crippen molar-refractivity contribution in [1.82, 2.24) is 43.6 Å². The molecule has 6 aliphatic rings. The first-order valence-corrected chi connectivity index (χ1v) is 48.6. The van der Waals surface area contributed by atoms with E-state index in [1.807, 2.05) is 97.5 Å². The smallest absolute Gasteiger partial charge is 0.503 e. The summed E-state index contributed by atoms with van der Waals surface area (Å²) in [6, 6.07) is 131. The Morgan fingerprint density at radius 2 is 0.559 bits per heavy atom. The van der Waals surface area contributed by atoms with Gasteiger partial charge in [0.15, 0.2) is 0 Å². The van der Waals surface area contributed by atoms with Crippen LogP contribution in [0.5, 0.6) is 69.0 Å². The van der Waals surface area contributed by atoms with Crippen LogP contribution in [0.1, 0.15) is 116 Å². The summed E-state index contributed by atoms with van der Waals surface area (Å²) in [5.74, 6) is 12.7. The standard InChI is InChI=1S/C43H34BN3O2.C42H32BN3O2.C39H26BN3O2.3Pt/c1-26(2)27-19-20-45-35(23-27)28-15-17-37-32(21-28)44-33-22-29(42-46-34-13-9-10-14-36(34)47(42)31-11-7-6-8-12-31)16-18-38(33)49-40-25-30(43(3,4)5)24-39(48-37)41(40)44;1-5-26-21-38-40-39(22-26)48-37-18-16-28(41-45-33-13-9-10-14-35(33)46(41)30-11-7-6-8-12-30)24-32(37)43(40)31-23-27(15-17-36(31)47-38)34-25-29(19-20-44-34)42(2,3)4;1-24(2)25-19-20-41-32(23-25)26-15-17-34-29(21-26)40-30-22-27(16-18-35(30)45-37-14-8-13-36(44-34)38(37)40)39-42-31-11-6-7-12-33(31)43(39)28-9-4-3-5-10-28;;;/h6-20,23-26H,1-5H3;6-22,25H,5H2,1-4H3;3-20,23-24H,1-2H3;;;/q3*-2;3*+2. The van der Waals surface area contributed by atoms with Crippen molar-refractivity contribution in [3.05, 3.63) is 398 Å². The minimum absolute atomic E-state index is 0. The van der Waals surface area contributed by atoms with Gasteiger partial charge in [-0.25, -0.2) is 0 Å². The zero-order chi connectivity index (χ0) is 96.1. The van der Waals surface area contributed by atoms with Gasteiger partial charge in [-0.2, -0.15) is 0 Å². The average molecular weight is 2420 g/mol. The molecule has 0 fully saturated rings. The Kier molecular flexibility index (Phi) is 25.0. The van der Waals surface area contributed by atoms with Gasteiger partial charge in [-0.05, 0) is 190 Å². The third-order valence-corrected chi connectivity index (χ3v) is 27.9. The third kappa shape index (κ3) is 17.1. The molecule has 15 nitrogen and oxygen atoms in total. The maximum Gasteiger partial charge on any atom is 2.00 e. The molecule has 15 aromatic carbocycles. The molecule has 27 rings (SSSR count). The molecular formula is C124H92B3N9O6Pt3. The number of pyridine rings is 3. The van der Waals surface area contributed by atoms with E-state index in [1.54, 1.807) is 0 Å². The van der Waals surface area contributed by atoms with Crippen LogP contribution in [-0.2, 0) is 80.4 Å². The molecule has 708 valence electrons. The van der Waals surface area contributed by atoms with Crippen LogP contribution >= 0.6 is 0 Å². The molecule has 0 N–H and O–H groups in total. The van der Waals surface area contributed by atoms with E-state index in [0.717, 1.165) is 254 Å². The van der Waals surface area contributed by atoms with Gasteiger partial charge in [-0.3, -0.25) is 15.0 Å². The molecule has 0 atom stereocenters. The summed E-state index contributed by atoms with van der Waals surface area (Å²) in [7, 11) is 0. The van der Waals surface area contributed by atoms with E-state index in [1.165, 1.54) is 16.7 Å². The summed E-state index contributed by atoms with van der Waals surface area (Å²) in [5.41, 5.74) is 31.7. The topological polar surface area (TPSA) is 148 Å². The maximum absolute atomic E-state index is 6.73. The zero-order valence-corrected chi connectivity index (χ0v) is 88.1. The second kappa shape index (κ2) is 38.1. The summed E-state index contributed by atoms with van der Waals surface area (Å²) in [4.78, 5) is 29.6. The first kappa shape index (κ1) is 95.1. The Bertz CT molecular complexity index is 8650. The van der Waals surface area contributed by atoms with Crippen molar-refractivity contribution >= 4 is 102 Å².